The molecule has 0 aliphatic carbocycles. The Morgan fingerprint density at radius 2 is 1.71 bits per heavy atom. The Bertz CT molecular complexity index is 947. The first-order valence-electron chi connectivity index (χ1n) is 9.90. The maximum absolute atomic E-state index is 13.3. The Hall–Kier alpha value is -2.64. The van der Waals surface area contributed by atoms with Gasteiger partial charge in [0.2, 0.25) is 11.8 Å². The van der Waals surface area contributed by atoms with Crippen LogP contribution in [0.15, 0.2) is 42.5 Å². The van der Waals surface area contributed by atoms with Crippen LogP contribution < -0.4 is 5.32 Å². The number of carbonyl (C=O) groups excluding carboxylic acids is 2. The summed E-state index contributed by atoms with van der Waals surface area (Å²) in [4.78, 5) is 38.2. The van der Waals surface area contributed by atoms with Crippen LogP contribution in [-0.2, 0) is 22.6 Å². The number of benzene rings is 2. The van der Waals surface area contributed by atoms with Crippen molar-refractivity contribution in [2.24, 2.45) is 0 Å². The lowest BCUT2D eigenvalue weighted by Crippen LogP contribution is -2.50. The van der Waals surface area contributed by atoms with Crippen LogP contribution in [0.5, 0.6) is 0 Å². The van der Waals surface area contributed by atoms with Gasteiger partial charge in [-0.05, 0) is 32.4 Å². The zero-order valence-corrected chi connectivity index (χ0v) is 19.1. The smallest absolute Gasteiger partial charge is 0.273 e. The van der Waals surface area contributed by atoms with E-state index in [4.69, 9.17) is 23.2 Å². The Morgan fingerprint density at radius 3 is 2.29 bits per heavy atom. The van der Waals surface area contributed by atoms with Crippen molar-refractivity contribution in [1.82, 2.24) is 10.2 Å². The first kappa shape index (κ1) is 24.6. The molecule has 0 saturated heterocycles. The Balaban J connectivity index is 2.38. The van der Waals surface area contributed by atoms with E-state index in [1.165, 1.54) is 23.1 Å². The molecule has 2 atom stereocenters. The predicted octanol–water partition coefficient (Wildman–Crippen LogP) is 4.78. The van der Waals surface area contributed by atoms with E-state index in [-0.39, 0.29) is 36.2 Å². The van der Waals surface area contributed by atoms with Gasteiger partial charge in [0.15, 0.2) is 0 Å². The van der Waals surface area contributed by atoms with E-state index in [1.807, 2.05) is 13.8 Å². The van der Waals surface area contributed by atoms with Crippen LogP contribution >= 0.6 is 23.2 Å². The molecule has 0 unspecified atom stereocenters. The average Bonchev–Trinajstić information content (AvgIpc) is 2.73. The third-order valence-electron chi connectivity index (χ3n) is 5.09. The quantitative estimate of drug-likeness (QED) is 0.426. The fourth-order valence-electron chi connectivity index (χ4n) is 3.00. The van der Waals surface area contributed by atoms with Gasteiger partial charge >= 0.3 is 0 Å². The van der Waals surface area contributed by atoms with Crippen molar-refractivity contribution in [2.45, 2.75) is 52.2 Å². The summed E-state index contributed by atoms with van der Waals surface area (Å²) in [6.45, 7) is 5.42. The van der Waals surface area contributed by atoms with Gasteiger partial charge in [-0.15, -0.1) is 0 Å². The van der Waals surface area contributed by atoms with Gasteiger partial charge in [0, 0.05) is 39.8 Å². The molecular weight excluding hydrogens is 441 g/mol. The average molecular weight is 466 g/mol. The molecule has 0 fully saturated rings. The monoisotopic (exact) mass is 465 g/mol. The van der Waals surface area contributed by atoms with Gasteiger partial charge in [-0.3, -0.25) is 19.7 Å². The zero-order valence-electron chi connectivity index (χ0n) is 17.6. The molecule has 2 aromatic carbocycles. The molecule has 0 aliphatic rings. The van der Waals surface area contributed by atoms with E-state index in [1.54, 1.807) is 31.2 Å². The molecule has 0 radical (unpaired) electrons. The standard InChI is InChI=1S/C22H25Cl2N3O4/c1-4-14(2)25-22(29)15(3)26(13-17-18(23)9-7-10-19(17)24)21(28)12-16-8-5-6-11-20(16)27(30)31/h5-11,14-15H,4,12-13H2,1-3H3,(H,25,29)/t14-,15+/m1/s1. The predicted molar refractivity (Wildman–Crippen MR) is 121 cm³/mol. The third-order valence-corrected chi connectivity index (χ3v) is 5.80. The van der Waals surface area contributed by atoms with Crippen LogP contribution in [0.1, 0.15) is 38.3 Å². The van der Waals surface area contributed by atoms with Gasteiger partial charge in [-0.2, -0.15) is 0 Å². The number of halogens is 2. The summed E-state index contributed by atoms with van der Waals surface area (Å²) in [7, 11) is 0. The number of para-hydroxylation sites is 1. The van der Waals surface area contributed by atoms with Crippen LogP contribution in [0.3, 0.4) is 0 Å². The summed E-state index contributed by atoms with van der Waals surface area (Å²) < 4.78 is 0. The second-order valence-electron chi connectivity index (χ2n) is 7.28. The summed E-state index contributed by atoms with van der Waals surface area (Å²) in [6.07, 6.45) is 0.499. The summed E-state index contributed by atoms with van der Waals surface area (Å²) in [6, 6.07) is 10.1. The second-order valence-corrected chi connectivity index (χ2v) is 8.09. The van der Waals surface area contributed by atoms with E-state index in [2.05, 4.69) is 5.32 Å². The summed E-state index contributed by atoms with van der Waals surface area (Å²) in [5.74, 6) is -0.773. The Morgan fingerprint density at radius 1 is 1.10 bits per heavy atom. The highest BCUT2D eigenvalue weighted by atomic mass is 35.5. The molecule has 0 bridgehead atoms. The molecule has 2 amide bonds. The van der Waals surface area contributed by atoms with Crippen molar-refractivity contribution in [1.29, 1.82) is 0 Å². The number of nitrogens with one attached hydrogen (secondary N) is 1. The number of rotatable bonds is 9. The summed E-state index contributed by atoms with van der Waals surface area (Å²) in [5, 5.41) is 14.9. The number of hydrogen-bond acceptors (Lipinski definition) is 4. The molecule has 2 rings (SSSR count). The number of nitro benzene ring substituents is 1. The molecule has 0 saturated carbocycles. The van der Waals surface area contributed by atoms with Gasteiger partial charge in [0.1, 0.15) is 6.04 Å². The lowest BCUT2D eigenvalue weighted by atomic mass is 10.1. The molecule has 0 heterocycles. The first-order chi connectivity index (χ1) is 14.6. The van der Waals surface area contributed by atoms with Gasteiger partial charge in [0.25, 0.3) is 5.69 Å². The van der Waals surface area contributed by atoms with Gasteiger partial charge in [-0.25, -0.2) is 0 Å². The SMILES string of the molecule is CC[C@@H](C)NC(=O)[C@H](C)N(Cc1c(Cl)cccc1Cl)C(=O)Cc1ccccc1[N+](=O)[O-]. The molecule has 0 aliphatic heterocycles. The molecule has 1 N–H and O–H groups in total. The molecule has 0 aromatic heterocycles. The maximum atomic E-state index is 13.3. The highest BCUT2D eigenvalue weighted by molar-refractivity contribution is 6.36. The van der Waals surface area contributed by atoms with Crippen LogP contribution in [0.25, 0.3) is 0 Å². The first-order valence-corrected chi connectivity index (χ1v) is 10.7. The largest absolute Gasteiger partial charge is 0.352 e. The summed E-state index contributed by atoms with van der Waals surface area (Å²) >= 11 is 12.6. The maximum Gasteiger partial charge on any atom is 0.273 e. The van der Waals surface area contributed by atoms with Crippen molar-refractivity contribution in [2.75, 3.05) is 0 Å². The van der Waals surface area contributed by atoms with Crippen LogP contribution in [0, 0.1) is 10.1 Å². The van der Waals surface area contributed by atoms with E-state index < -0.39 is 16.9 Å². The molecule has 2 aromatic rings. The highest BCUT2D eigenvalue weighted by Crippen LogP contribution is 2.27. The fraction of sp³-hybridized carbons (Fsp3) is 0.364. The summed E-state index contributed by atoms with van der Waals surface area (Å²) in [5.41, 5.74) is 0.621. The third kappa shape index (κ3) is 6.42. The van der Waals surface area contributed by atoms with Crippen LogP contribution in [-0.4, -0.2) is 33.7 Å². The second kappa shape index (κ2) is 11.1. The topological polar surface area (TPSA) is 92.6 Å². The number of nitrogens with zero attached hydrogens (tertiary/aromatic N) is 2. The normalized spacial score (nSPS) is 12.7. The fourth-order valence-corrected chi connectivity index (χ4v) is 3.52. The lowest BCUT2D eigenvalue weighted by Gasteiger charge is -2.30. The Labute approximate surface area is 191 Å². The molecule has 31 heavy (non-hydrogen) atoms. The van der Waals surface area contributed by atoms with Gasteiger partial charge in [0.05, 0.1) is 11.3 Å². The molecule has 0 spiro atoms. The minimum atomic E-state index is -0.836. The number of nitro groups is 1. The number of hydrogen-bond donors (Lipinski definition) is 1. The van der Waals surface area contributed by atoms with Crippen LogP contribution in [0.4, 0.5) is 5.69 Å². The van der Waals surface area contributed by atoms with E-state index in [0.29, 0.717) is 15.6 Å². The van der Waals surface area contributed by atoms with Crippen molar-refractivity contribution in [3.63, 3.8) is 0 Å². The van der Waals surface area contributed by atoms with E-state index in [0.717, 1.165) is 6.42 Å². The molecule has 7 nitrogen and oxygen atoms in total. The lowest BCUT2D eigenvalue weighted by molar-refractivity contribution is -0.385. The minimum absolute atomic E-state index is 0.00688. The van der Waals surface area contributed by atoms with Crippen molar-refractivity contribution in [3.05, 3.63) is 73.8 Å². The van der Waals surface area contributed by atoms with Gasteiger partial charge < -0.3 is 10.2 Å². The van der Waals surface area contributed by atoms with Crippen molar-refractivity contribution < 1.29 is 14.5 Å². The van der Waals surface area contributed by atoms with Crippen molar-refractivity contribution >= 4 is 40.7 Å². The number of carbonyl (C=O) groups is 2. The molecule has 166 valence electrons. The van der Waals surface area contributed by atoms with Crippen molar-refractivity contribution in [3.8, 4) is 0 Å². The van der Waals surface area contributed by atoms with E-state index in [9.17, 15) is 19.7 Å². The minimum Gasteiger partial charge on any atom is -0.352 e. The van der Waals surface area contributed by atoms with E-state index >= 15 is 0 Å². The number of amides is 2. The Kier molecular flexibility index (Phi) is 8.83. The molecule has 9 heteroatoms. The highest BCUT2D eigenvalue weighted by Gasteiger charge is 2.29. The van der Waals surface area contributed by atoms with Crippen LogP contribution in [0.2, 0.25) is 10.0 Å². The van der Waals surface area contributed by atoms with Gasteiger partial charge in [-0.1, -0.05) is 54.4 Å². The molecular formula is C22H25Cl2N3O4. The zero-order chi connectivity index (χ0) is 23.1.